The first-order chi connectivity index (χ1) is 16.3. The number of aromatic nitrogens is 2. The Hall–Kier alpha value is -3.61. The Kier molecular flexibility index (Phi) is 6.72. The van der Waals surface area contributed by atoms with Crippen molar-refractivity contribution in [3.05, 3.63) is 76.6 Å². The molecule has 2 heterocycles. The standard InChI is InChI=1S/C22H24N6O5S/c1-2-25-12-14-26(15-13-25)34(32,33)20-5-3-4-17(16-20)23-22(29)21-10-11-27(24-21)18-6-8-19(9-7-18)28(30)31/h3-11,16H,2,12-15H2,1H3,(H,23,29). The molecule has 0 aliphatic carbocycles. The number of likely N-dealkylation sites (N-methyl/N-ethyl adjacent to an activating group) is 1. The SMILES string of the molecule is CCN1CCN(S(=O)(=O)c2cccc(NC(=O)c3ccn(-c4ccc([N+](=O)[O-])cc4)n3)c2)CC1. The van der Waals surface area contributed by atoms with Crippen molar-refractivity contribution in [1.82, 2.24) is 19.0 Å². The second-order valence-corrected chi connectivity index (χ2v) is 9.68. The van der Waals surface area contributed by atoms with Gasteiger partial charge in [-0.05, 0) is 42.9 Å². The molecule has 0 radical (unpaired) electrons. The number of nitrogens with one attached hydrogen (secondary N) is 1. The molecule has 1 N–H and O–H groups in total. The van der Waals surface area contributed by atoms with Crippen LogP contribution in [0.5, 0.6) is 0 Å². The summed E-state index contributed by atoms with van der Waals surface area (Å²) < 4.78 is 29.0. The van der Waals surface area contributed by atoms with Gasteiger partial charge in [-0.3, -0.25) is 14.9 Å². The minimum Gasteiger partial charge on any atom is -0.321 e. The van der Waals surface area contributed by atoms with E-state index < -0.39 is 20.9 Å². The van der Waals surface area contributed by atoms with Gasteiger partial charge < -0.3 is 10.2 Å². The van der Waals surface area contributed by atoms with Crippen molar-refractivity contribution < 1.29 is 18.1 Å². The summed E-state index contributed by atoms with van der Waals surface area (Å²) >= 11 is 0. The van der Waals surface area contributed by atoms with Gasteiger partial charge in [0.15, 0.2) is 5.69 Å². The molecule has 0 saturated carbocycles. The monoisotopic (exact) mass is 484 g/mol. The van der Waals surface area contributed by atoms with E-state index in [4.69, 9.17) is 0 Å². The molecule has 0 atom stereocenters. The Bertz CT molecular complexity index is 1300. The lowest BCUT2D eigenvalue weighted by Gasteiger charge is -2.33. The molecule has 12 heteroatoms. The maximum atomic E-state index is 13.1. The van der Waals surface area contributed by atoms with E-state index in [9.17, 15) is 23.3 Å². The van der Waals surface area contributed by atoms with Crippen molar-refractivity contribution >= 4 is 27.3 Å². The van der Waals surface area contributed by atoms with E-state index in [1.54, 1.807) is 18.3 Å². The lowest BCUT2D eigenvalue weighted by atomic mass is 10.3. The van der Waals surface area contributed by atoms with Gasteiger partial charge in [0, 0.05) is 50.2 Å². The summed E-state index contributed by atoms with van der Waals surface area (Å²) in [5.41, 5.74) is 0.960. The number of benzene rings is 2. The third-order valence-electron chi connectivity index (χ3n) is 5.65. The minimum atomic E-state index is -3.67. The lowest BCUT2D eigenvalue weighted by molar-refractivity contribution is -0.384. The molecule has 178 valence electrons. The molecule has 1 amide bonds. The van der Waals surface area contributed by atoms with Gasteiger partial charge in [-0.25, -0.2) is 13.1 Å². The molecule has 0 unspecified atom stereocenters. The number of hydrogen-bond donors (Lipinski definition) is 1. The second kappa shape index (κ2) is 9.71. The predicted molar refractivity (Wildman–Crippen MR) is 125 cm³/mol. The van der Waals surface area contributed by atoms with Crippen molar-refractivity contribution in [2.45, 2.75) is 11.8 Å². The van der Waals surface area contributed by atoms with Crippen LogP contribution in [0.1, 0.15) is 17.4 Å². The van der Waals surface area contributed by atoms with E-state index in [1.165, 1.54) is 51.5 Å². The van der Waals surface area contributed by atoms with E-state index in [0.29, 0.717) is 37.6 Å². The molecule has 1 fully saturated rings. The van der Waals surface area contributed by atoms with Gasteiger partial charge in [0.05, 0.1) is 15.5 Å². The van der Waals surface area contributed by atoms with Gasteiger partial charge in [-0.2, -0.15) is 9.40 Å². The fraction of sp³-hybridized carbons (Fsp3) is 0.273. The fourth-order valence-electron chi connectivity index (χ4n) is 3.68. The van der Waals surface area contributed by atoms with Crippen molar-refractivity contribution in [3.63, 3.8) is 0 Å². The van der Waals surface area contributed by atoms with Crippen LogP contribution in [-0.2, 0) is 10.0 Å². The van der Waals surface area contributed by atoms with Crippen LogP contribution in [0.25, 0.3) is 5.69 Å². The van der Waals surface area contributed by atoms with Gasteiger partial charge >= 0.3 is 0 Å². The van der Waals surface area contributed by atoms with E-state index in [1.807, 2.05) is 6.92 Å². The summed E-state index contributed by atoms with van der Waals surface area (Å²) in [6, 6.07) is 13.4. The van der Waals surface area contributed by atoms with Gasteiger partial charge in [0.25, 0.3) is 11.6 Å². The first kappa shape index (κ1) is 23.5. The van der Waals surface area contributed by atoms with Gasteiger partial charge in [-0.1, -0.05) is 13.0 Å². The summed E-state index contributed by atoms with van der Waals surface area (Å²) in [7, 11) is -3.67. The molecule has 1 aromatic heterocycles. The highest BCUT2D eigenvalue weighted by atomic mass is 32.2. The number of carbonyl (C=O) groups is 1. The highest BCUT2D eigenvalue weighted by Gasteiger charge is 2.28. The van der Waals surface area contributed by atoms with Crippen LogP contribution in [0.3, 0.4) is 0 Å². The van der Waals surface area contributed by atoms with E-state index >= 15 is 0 Å². The Morgan fingerprint density at radius 1 is 1.09 bits per heavy atom. The number of rotatable bonds is 7. The van der Waals surface area contributed by atoms with Crippen molar-refractivity contribution in [3.8, 4) is 5.69 Å². The molecular formula is C22H24N6O5S. The third kappa shape index (κ3) is 4.98. The summed E-state index contributed by atoms with van der Waals surface area (Å²) in [5.74, 6) is -0.508. The van der Waals surface area contributed by atoms with Crippen molar-refractivity contribution in [2.24, 2.45) is 0 Å². The molecule has 11 nitrogen and oxygen atoms in total. The van der Waals surface area contributed by atoms with Crippen LogP contribution in [0, 0.1) is 10.1 Å². The fourth-order valence-corrected chi connectivity index (χ4v) is 5.15. The zero-order chi connectivity index (χ0) is 24.3. The van der Waals surface area contributed by atoms with Crippen molar-refractivity contribution in [2.75, 3.05) is 38.0 Å². The minimum absolute atomic E-state index is 0.0454. The molecule has 0 bridgehead atoms. The smallest absolute Gasteiger partial charge is 0.276 e. The molecule has 4 rings (SSSR count). The lowest BCUT2D eigenvalue weighted by Crippen LogP contribution is -2.48. The highest BCUT2D eigenvalue weighted by Crippen LogP contribution is 2.22. The number of sulfonamides is 1. The number of nitro benzene ring substituents is 1. The second-order valence-electron chi connectivity index (χ2n) is 7.74. The van der Waals surface area contributed by atoms with Gasteiger partial charge in [-0.15, -0.1) is 0 Å². The maximum Gasteiger partial charge on any atom is 0.276 e. The molecular weight excluding hydrogens is 460 g/mol. The quantitative estimate of drug-likeness (QED) is 0.402. The number of anilines is 1. The molecule has 0 spiro atoms. The van der Waals surface area contributed by atoms with Crippen LogP contribution in [-0.4, -0.2) is 71.0 Å². The highest BCUT2D eigenvalue weighted by molar-refractivity contribution is 7.89. The summed E-state index contributed by atoms with van der Waals surface area (Å²) in [6.45, 7) is 5.15. The number of hydrogen-bond acceptors (Lipinski definition) is 7. The first-order valence-electron chi connectivity index (χ1n) is 10.7. The third-order valence-corrected chi connectivity index (χ3v) is 7.55. The number of piperazine rings is 1. The Balaban J connectivity index is 1.46. The van der Waals surface area contributed by atoms with Crippen LogP contribution in [0.4, 0.5) is 11.4 Å². The molecule has 34 heavy (non-hydrogen) atoms. The molecule has 2 aromatic carbocycles. The number of nitro groups is 1. The van der Waals surface area contributed by atoms with Crippen molar-refractivity contribution in [1.29, 1.82) is 0 Å². The average molecular weight is 485 g/mol. The average Bonchev–Trinajstić information content (AvgIpc) is 3.35. The van der Waals surface area contributed by atoms with Crippen LogP contribution in [0.15, 0.2) is 65.7 Å². The number of carbonyl (C=O) groups excluding carboxylic acids is 1. The van der Waals surface area contributed by atoms with Crippen LogP contribution < -0.4 is 5.32 Å². The Morgan fingerprint density at radius 3 is 2.44 bits per heavy atom. The van der Waals surface area contributed by atoms with Crippen LogP contribution in [0.2, 0.25) is 0 Å². The number of non-ortho nitro benzene ring substituents is 1. The molecule has 1 aliphatic rings. The van der Waals surface area contributed by atoms with E-state index in [2.05, 4.69) is 15.3 Å². The zero-order valence-electron chi connectivity index (χ0n) is 18.5. The van der Waals surface area contributed by atoms with Crippen LogP contribution >= 0.6 is 0 Å². The summed E-state index contributed by atoms with van der Waals surface area (Å²) in [6.07, 6.45) is 1.56. The molecule has 3 aromatic rings. The number of nitrogens with zero attached hydrogens (tertiary/aromatic N) is 5. The predicted octanol–water partition coefficient (Wildman–Crippen LogP) is 2.36. The summed E-state index contributed by atoms with van der Waals surface area (Å²) in [5, 5.41) is 17.7. The maximum absolute atomic E-state index is 13.1. The Labute approximate surface area is 196 Å². The Morgan fingerprint density at radius 2 is 1.79 bits per heavy atom. The zero-order valence-corrected chi connectivity index (χ0v) is 19.3. The van der Waals surface area contributed by atoms with Gasteiger partial charge in [0.1, 0.15) is 0 Å². The number of amides is 1. The largest absolute Gasteiger partial charge is 0.321 e. The topological polar surface area (TPSA) is 131 Å². The molecule has 1 saturated heterocycles. The van der Waals surface area contributed by atoms with Gasteiger partial charge in [0.2, 0.25) is 10.0 Å². The van der Waals surface area contributed by atoms with E-state index in [0.717, 1.165) is 6.54 Å². The first-order valence-corrected chi connectivity index (χ1v) is 12.2. The normalized spacial score (nSPS) is 15.2. The molecule has 1 aliphatic heterocycles. The van der Waals surface area contributed by atoms with E-state index in [-0.39, 0.29) is 16.3 Å². The summed E-state index contributed by atoms with van der Waals surface area (Å²) in [4.78, 5) is 25.3.